The van der Waals surface area contributed by atoms with Crippen molar-refractivity contribution < 1.29 is 9.53 Å². The standard InChI is InChI=1S/C10H18O2/c1-8-5-3-4-6-9(7-12-2)10(8)11/h8-9H,3-7H2,1-2H3/t8-,9-/m0/s1. The van der Waals surface area contributed by atoms with Crippen molar-refractivity contribution >= 4 is 5.78 Å². The van der Waals surface area contributed by atoms with E-state index in [1.54, 1.807) is 7.11 Å². The van der Waals surface area contributed by atoms with Gasteiger partial charge < -0.3 is 4.74 Å². The summed E-state index contributed by atoms with van der Waals surface area (Å²) in [4.78, 5) is 11.7. The van der Waals surface area contributed by atoms with Gasteiger partial charge in [0.15, 0.2) is 0 Å². The van der Waals surface area contributed by atoms with Crippen LogP contribution < -0.4 is 0 Å². The lowest BCUT2D eigenvalue weighted by molar-refractivity contribution is -0.127. The molecule has 2 atom stereocenters. The molecule has 0 aromatic carbocycles. The molecule has 1 rings (SSSR count). The van der Waals surface area contributed by atoms with E-state index in [9.17, 15) is 4.79 Å². The fourth-order valence-electron chi connectivity index (χ4n) is 1.89. The molecule has 1 aliphatic carbocycles. The van der Waals surface area contributed by atoms with Crippen molar-refractivity contribution in [2.45, 2.75) is 32.6 Å². The first-order chi connectivity index (χ1) is 5.75. The Balaban J connectivity index is 2.52. The second kappa shape index (κ2) is 4.61. The number of hydrogen-bond donors (Lipinski definition) is 0. The highest BCUT2D eigenvalue weighted by Gasteiger charge is 2.25. The number of methoxy groups -OCH3 is 1. The Kier molecular flexibility index (Phi) is 3.73. The third kappa shape index (κ3) is 2.31. The van der Waals surface area contributed by atoms with Crippen LogP contribution in [-0.4, -0.2) is 19.5 Å². The Bertz CT molecular complexity index is 154. The summed E-state index contributed by atoms with van der Waals surface area (Å²) in [5, 5.41) is 0. The van der Waals surface area contributed by atoms with Gasteiger partial charge in [0.2, 0.25) is 0 Å². The van der Waals surface area contributed by atoms with Crippen molar-refractivity contribution in [3.63, 3.8) is 0 Å². The second-order valence-electron chi connectivity index (χ2n) is 3.74. The predicted molar refractivity (Wildman–Crippen MR) is 48.0 cm³/mol. The number of carbonyl (C=O) groups is 1. The Morgan fingerprint density at radius 1 is 1.42 bits per heavy atom. The van der Waals surface area contributed by atoms with E-state index in [1.165, 1.54) is 12.8 Å². The van der Waals surface area contributed by atoms with Gasteiger partial charge in [-0.1, -0.05) is 19.8 Å². The number of Topliss-reactive ketones (excluding diaryl/α,β-unsaturated/α-hetero) is 1. The highest BCUT2D eigenvalue weighted by Crippen LogP contribution is 2.24. The van der Waals surface area contributed by atoms with Crippen LogP contribution in [0.5, 0.6) is 0 Å². The molecule has 0 bridgehead atoms. The van der Waals surface area contributed by atoms with Crippen LogP contribution in [0.4, 0.5) is 0 Å². The van der Waals surface area contributed by atoms with Gasteiger partial charge in [-0.2, -0.15) is 0 Å². The molecular formula is C10H18O2. The molecule has 0 spiro atoms. The molecule has 0 radical (unpaired) electrons. The molecule has 0 saturated heterocycles. The van der Waals surface area contributed by atoms with Crippen molar-refractivity contribution in [3.05, 3.63) is 0 Å². The van der Waals surface area contributed by atoms with Gasteiger partial charge in [-0.15, -0.1) is 0 Å². The fraction of sp³-hybridized carbons (Fsp3) is 0.900. The maximum absolute atomic E-state index is 11.7. The summed E-state index contributed by atoms with van der Waals surface area (Å²) in [6.45, 7) is 2.65. The average molecular weight is 170 g/mol. The third-order valence-electron chi connectivity index (χ3n) is 2.70. The lowest BCUT2D eigenvalue weighted by atomic mass is 9.93. The molecular weight excluding hydrogens is 152 g/mol. The van der Waals surface area contributed by atoms with Crippen LogP contribution in [-0.2, 0) is 9.53 Å². The molecule has 70 valence electrons. The molecule has 2 heteroatoms. The lowest BCUT2D eigenvalue weighted by Crippen LogP contribution is -2.23. The topological polar surface area (TPSA) is 26.3 Å². The Labute approximate surface area is 74.3 Å². The normalized spacial score (nSPS) is 31.7. The van der Waals surface area contributed by atoms with Crippen LogP contribution in [0.1, 0.15) is 32.6 Å². The SMILES string of the molecule is COC[C@@H]1CCCC[C@H](C)C1=O. The molecule has 2 nitrogen and oxygen atoms in total. The number of ketones is 1. The van der Waals surface area contributed by atoms with E-state index in [2.05, 4.69) is 0 Å². The maximum Gasteiger partial charge on any atom is 0.141 e. The number of ether oxygens (including phenoxy) is 1. The van der Waals surface area contributed by atoms with Gasteiger partial charge in [-0.25, -0.2) is 0 Å². The van der Waals surface area contributed by atoms with Crippen molar-refractivity contribution in [2.75, 3.05) is 13.7 Å². The number of rotatable bonds is 2. The zero-order valence-electron chi connectivity index (χ0n) is 8.01. The van der Waals surface area contributed by atoms with Gasteiger partial charge in [-0.05, 0) is 12.8 Å². The second-order valence-corrected chi connectivity index (χ2v) is 3.74. The summed E-state index contributed by atoms with van der Waals surface area (Å²) in [7, 11) is 1.67. The largest absolute Gasteiger partial charge is 0.384 e. The molecule has 0 unspecified atom stereocenters. The number of carbonyl (C=O) groups excluding carboxylic acids is 1. The van der Waals surface area contributed by atoms with Crippen molar-refractivity contribution in [1.82, 2.24) is 0 Å². The van der Waals surface area contributed by atoms with Crippen molar-refractivity contribution in [2.24, 2.45) is 11.8 Å². The van der Waals surface area contributed by atoms with Crippen LogP contribution in [0, 0.1) is 11.8 Å². The van der Waals surface area contributed by atoms with E-state index >= 15 is 0 Å². The van der Waals surface area contributed by atoms with Crippen LogP contribution >= 0.6 is 0 Å². The average Bonchev–Trinajstić information content (AvgIpc) is 2.20. The summed E-state index contributed by atoms with van der Waals surface area (Å²) >= 11 is 0. The van der Waals surface area contributed by atoms with Gasteiger partial charge in [0.1, 0.15) is 5.78 Å². The minimum absolute atomic E-state index is 0.174. The van der Waals surface area contributed by atoms with Gasteiger partial charge in [0, 0.05) is 18.9 Å². The van der Waals surface area contributed by atoms with E-state index < -0.39 is 0 Å². The lowest BCUT2D eigenvalue weighted by Gasteiger charge is -2.14. The summed E-state index contributed by atoms with van der Waals surface area (Å²) in [5.41, 5.74) is 0. The summed E-state index contributed by atoms with van der Waals surface area (Å²) in [5.74, 6) is 0.842. The Hall–Kier alpha value is -0.370. The first kappa shape index (κ1) is 9.72. The first-order valence-corrected chi connectivity index (χ1v) is 4.78. The molecule has 0 N–H and O–H groups in total. The van der Waals surface area contributed by atoms with Crippen molar-refractivity contribution in [3.8, 4) is 0 Å². The zero-order chi connectivity index (χ0) is 8.97. The molecule has 0 aromatic heterocycles. The van der Waals surface area contributed by atoms with E-state index in [1.807, 2.05) is 6.92 Å². The van der Waals surface area contributed by atoms with E-state index in [4.69, 9.17) is 4.74 Å². The monoisotopic (exact) mass is 170 g/mol. The zero-order valence-corrected chi connectivity index (χ0v) is 8.01. The Morgan fingerprint density at radius 2 is 2.08 bits per heavy atom. The van der Waals surface area contributed by atoms with E-state index in [0.29, 0.717) is 12.4 Å². The van der Waals surface area contributed by atoms with Crippen LogP contribution in [0.2, 0.25) is 0 Å². The predicted octanol–water partition coefficient (Wildman–Crippen LogP) is 2.03. The molecule has 0 aromatic rings. The minimum Gasteiger partial charge on any atom is -0.384 e. The molecule has 0 aliphatic heterocycles. The highest BCUT2D eigenvalue weighted by atomic mass is 16.5. The molecule has 0 heterocycles. The minimum atomic E-state index is 0.174. The molecule has 1 aliphatic rings. The fourth-order valence-corrected chi connectivity index (χ4v) is 1.89. The van der Waals surface area contributed by atoms with E-state index in [0.717, 1.165) is 12.8 Å². The Morgan fingerprint density at radius 3 is 2.75 bits per heavy atom. The van der Waals surface area contributed by atoms with Crippen LogP contribution in [0.3, 0.4) is 0 Å². The van der Waals surface area contributed by atoms with Crippen molar-refractivity contribution in [1.29, 1.82) is 0 Å². The number of hydrogen-bond acceptors (Lipinski definition) is 2. The molecule has 0 amide bonds. The smallest absolute Gasteiger partial charge is 0.141 e. The summed E-state index contributed by atoms with van der Waals surface area (Å²) < 4.78 is 5.03. The molecule has 1 saturated carbocycles. The molecule has 12 heavy (non-hydrogen) atoms. The van der Waals surface area contributed by atoms with Crippen LogP contribution in [0.15, 0.2) is 0 Å². The summed E-state index contributed by atoms with van der Waals surface area (Å²) in [6.07, 6.45) is 4.48. The van der Waals surface area contributed by atoms with Gasteiger partial charge in [-0.3, -0.25) is 4.79 Å². The van der Waals surface area contributed by atoms with E-state index in [-0.39, 0.29) is 11.8 Å². The van der Waals surface area contributed by atoms with Gasteiger partial charge >= 0.3 is 0 Å². The maximum atomic E-state index is 11.7. The summed E-state index contributed by atoms with van der Waals surface area (Å²) in [6, 6.07) is 0. The first-order valence-electron chi connectivity index (χ1n) is 4.78. The van der Waals surface area contributed by atoms with Gasteiger partial charge in [0.25, 0.3) is 0 Å². The quantitative estimate of drug-likeness (QED) is 0.593. The molecule has 1 fully saturated rings. The van der Waals surface area contributed by atoms with Gasteiger partial charge in [0.05, 0.1) is 6.61 Å². The van der Waals surface area contributed by atoms with Crippen LogP contribution in [0.25, 0.3) is 0 Å². The third-order valence-corrected chi connectivity index (χ3v) is 2.70. The highest BCUT2D eigenvalue weighted by molar-refractivity contribution is 5.83.